The summed E-state index contributed by atoms with van der Waals surface area (Å²) >= 11 is 0. The molecule has 0 atom stereocenters. The monoisotopic (exact) mass is 288 g/mol. The van der Waals surface area contributed by atoms with Crippen LogP contribution < -0.4 is 5.32 Å². The van der Waals surface area contributed by atoms with Gasteiger partial charge in [0.05, 0.1) is 24.2 Å². The minimum Gasteiger partial charge on any atom is -0.395 e. The molecule has 1 aromatic carbocycles. The number of aliphatic hydroxyl groups is 1. The highest BCUT2D eigenvalue weighted by Gasteiger charge is 2.16. The van der Waals surface area contributed by atoms with Crippen LogP contribution in [0.4, 0.5) is 0 Å². The molecule has 0 aliphatic carbocycles. The van der Waals surface area contributed by atoms with Crippen LogP contribution in [0.5, 0.6) is 0 Å². The zero-order valence-electron chi connectivity index (χ0n) is 12.9. The maximum atomic E-state index is 9.38. The molecule has 3 rings (SSSR count). The molecule has 1 fully saturated rings. The highest BCUT2D eigenvalue weighted by molar-refractivity contribution is 5.78. The van der Waals surface area contributed by atoms with Gasteiger partial charge in [0, 0.05) is 32.7 Å². The summed E-state index contributed by atoms with van der Waals surface area (Å²) in [4.78, 5) is 7.24. The van der Waals surface area contributed by atoms with Gasteiger partial charge < -0.3 is 15.0 Å². The molecule has 0 radical (unpaired) electrons. The van der Waals surface area contributed by atoms with Crippen LogP contribution in [0, 0.1) is 13.8 Å². The van der Waals surface area contributed by atoms with Crippen LogP contribution in [0.25, 0.3) is 11.0 Å². The maximum absolute atomic E-state index is 9.38. The van der Waals surface area contributed by atoms with Gasteiger partial charge in [0.2, 0.25) is 0 Å². The van der Waals surface area contributed by atoms with Gasteiger partial charge >= 0.3 is 0 Å². The Morgan fingerprint density at radius 1 is 1.19 bits per heavy atom. The number of benzene rings is 1. The number of hydrogen-bond donors (Lipinski definition) is 2. The van der Waals surface area contributed by atoms with Crippen molar-refractivity contribution in [3.8, 4) is 0 Å². The molecule has 1 aliphatic heterocycles. The SMILES string of the molecule is Cc1cc2nc(CN3CCNCC3)n(CCO)c2cc1C. The topological polar surface area (TPSA) is 53.3 Å². The van der Waals surface area contributed by atoms with E-state index in [4.69, 9.17) is 4.98 Å². The van der Waals surface area contributed by atoms with Crippen molar-refractivity contribution in [1.82, 2.24) is 19.8 Å². The number of piperazine rings is 1. The number of aryl methyl sites for hydroxylation is 2. The van der Waals surface area contributed by atoms with E-state index in [9.17, 15) is 5.11 Å². The number of fused-ring (bicyclic) bond motifs is 1. The Kier molecular flexibility index (Phi) is 4.24. The van der Waals surface area contributed by atoms with Crippen LogP contribution >= 0.6 is 0 Å². The van der Waals surface area contributed by atoms with Crippen LogP contribution in [0.2, 0.25) is 0 Å². The molecule has 21 heavy (non-hydrogen) atoms. The van der Waals surface area contributed by atoms with Crippen LogP contribution in [0.1, 0.15) is 17.0 Å². The van der Waals surface area contributed by atoms with E-state index in [1.165, 1.54) is 11.1 Å². The predicted molar refractivity (Wildman–Crippen MR) is 84.4 cm³/mol. The summed E-state index contributed by atoms with van der Waals surface area (Å²) in [6.07, 6.45) is 0. The standard InChI is InChI=1S/C16H24N4O/c1-12-9-14-15(10-13(12)2)20(7-8-21)16(18-14)11-19-5-3-17-4-6-19/h9-10,17,21H,3-8,11H2,1-2H3. The van der Waals surface area contributed by atoms with Crippen LogP contribution in [-0.2, 0) is 13.1 Å². The Hall–Kier alpha value is -1.43. The number of aliphatic hydroxyl groups excluding tert-OH is 1. The Morgan fingerprint density at radius 2 is 1.90 bits per heavy atom. The first-order valence-corrected chi connectivity index (χ1v) is 7.69. The third-order valence-electron chi connectivity index (χ3n) is 4.34. The first kappa shape index (κ1) is 14.5. The fraction of sp³-hybridized carbons (Fsp3) is 0.562. The number of rotatable bonds is 4. The lowest BCUT2D eigenvalue weighted by Gasteiger charge is -2.27. The molecule has 114 valence electrons. The van der Waals surface area contributed by atoms with E-state index < -0.39 is 0 Å². The molecular formula is C16H24N4O. The second-order valence-electron chi connectivity index (χ2n) is 5.85. The Labute approximate surface area is 125 Å². The lowest BCUT2D eigenvalue weighted by atomic mass is 10.1. The van der Waals surface area contributed by atoms with Crippen molar-refractivity contribution in [2.75, 3.05) is 32.8 Å². The zero-order chi connectivity index (χ0) is 14.8. The van der Waals surface area contributed by atoms with Gasteiger partial charge in [0.1, 0.15) is 5.82 Å². The van der Waals surface area contributed by atoms with Gasteiger partial charge in [-0.05, 0) is 37.1 Å². The Morgan fingerprint density at radius 3 is 2.62 bits per heavy atom. The highest BCUT2D eigenvalue weighted by atomic mass is 16.3. The van der Waals surface area contributed by atoms with E-state index in [1.54, 1.807) is 0 Å². The molecular weight excluding hydrogens is 264 g/mol. The van der Waals surface area contributed by atoms with Gasteiger partial charge in [-0.3, -0.25) is 4.90 Å². The molecule has 1 aliphatic rings. The van der Waals surface area contributed by atoms with Crippen molar-refractivity contribution in [3.63, 3.8) is 0 Å². The summed E-state index contributed by atoms with van der Waals surface area (Å²) in [6, 6.07) is 4.34. The number of imidazole rings is 1. The van der Waals surface area contributed by atoms with Gasteiger partial charge in [-0.2, -0.15) is 0 Å². The summed E-state index contributed by atoms with van der Waals surface area (Å²) in [7, 11) is 0. The molecule has 0 amide bonds. The molecule has 2 aromatic rings. The van der Waals surface area contributed by atoms with Crippen molar-refractivity contribution in [2.45, 2.75) is 26.9 Å². The number of hydrogen-bond acceptors (Lipinski definition) is 4. The number of nitrogens with one attached hydrogen (secondary N) is 1. The van der Waals surface area contributed by atoms with E-state index in [0.29, 0.717) is 6.54 Å². The second kappa shape index (κ2) is 6.13. The molecule has 2 heterocycles. The second-order valence-corrected chi connectivity index (χ2v) is 5.85. The zero-order valence-corrected chi connectivity index (χ0v) is 12.9. The first-order valence-electron chi connectivity index (χ1n) is 7.69. The summed E-state index contributed by atoms with van der Waals surface area (Å²) in [5, 5.41) is 12.8. The van der Waals surface area contributed by atoms with Gasteiger partial charge in [-0.15, -0.1) is 0 Å². The van der Waals surface area contributed by atoms with Gasteiger partial charge in [-0.1, -0.05) is 0 Å². The molecule has 1 aromatic heterocycles. The van der Waals surface area contributed by atoms with E-state index >= 15 is 0 Å². The third-order valence-corrected chi connectivity index (χ3v) is 4.34. The van der Waals surface area contributed by atoms with Crippen LogP contribution in [0.3, 0.4) is 0 Å². The number of aromatic nitrogens is 2. The third kappa shape index (κ3) is 2.95. The smallest absolute Gasteiger partial charge is 0.124 e. The largest absolute Gasteiger partial charge is 0.395 e. The molecule has 0 unspecified atom stereocenters. The molecule has 0 bridgehead atoms. The summed E-state index contributed by atoms with van der Waals surface area (Å²) in [5.41, 5.74) is 4.72. The Bertz CT molecular complexity index is 629. The average Bonchev–Trinajstić information content (AvgIpc) is 2.79. The molecule has 5 heteroatoms. The predicted octanol–water partition coefficient (Wildman–Crippen LogP) is 1.05. The van der Waals surface area contributed by atoms with Crippen molar-refractivity contribution in [3.05, 3.63) is 29.1 Å². The fourth-order valence-electron chi connectivity index (χ4n) is 2.97. The van der Waals surface area contributed by atoms with E-state index in [-0.39, 0.29) is 6.61 Å². The molecule has 5 nitrogen and oxygen atoms in total. The summed E-state index contributed by atoms with van der Waals surface area (Å²) in [5.74, 6) is 1.06. The summed E-state index contributed by atoms with van der Waals surface area (Å²) < 4.78 is 2.17. The lowest BCUT2D eigenvalue weighted by Crippen LogP contribution is -2.43. The number of nitrogens with zero attached hydrogens (tertiary/aromatic N) is 3. The quantitative estimate of drug-likeness (QED) is 0.883. The van der Waals surface area contributed by atoms with Crippen LogP contribution in [0.15, 0.2) is 12.1 Å². The van der Waals surface area contributed by atoms with Gasteiger partial charge in [0.25, 0.3) is 0 Å². The van der Waals surface area contributed by atoms with Crippen molar-refractivity contribution < 1.29 is 5.11 Å². The molecule has 2 N–H and O–H groups in total. The van der Waals surface area contributed by atoms with Crippen molar-refractivity contribution in [1.29, 1.82) is 0 Å². The fourth-order valence-corrected chi connectivity index (χ4v) is 2.97. The average molecular weight is 288 g/mol. The van der Waals surface area contributed by atoms with Gasteiger partial charge in [-0.25, -0.2) is 4.98 Å². The highest BCUT2D eigenvalue weighted by Crippen LogP contribution is 2.21. The molecule has 0 saturated carbocycles. The van der Waals surface area contributed by atoms with Crippen LogP contribution in [-0.4, -0.2) is 52.3 Å². The van der Waals surface area contributed by atoms with E-state index in [0.717, 1.165) is 49.6 Å². The summed E-state index contributed by atoms with van der Waals surface area (Å²) in [6.45, 7) is 10.1. The van der Waals surface area contributed by atoms with Crippen molar-refractivity contribution >= 4 is 11.0 Å². The molecule has 0 spiro atoms. The normalized spacial score (nSPS) is 16.7. The van der Waals surface area contributed by atoms with Gasteiger partial charge in [0.15, 0.2) is 0 Å². The van der Waals surface area contributed by atoms with E-state index in [1.807, 2.05) is 0 Å². The lowest BCUT2D eigenvalue weighted by molar-refractivity contribution is 0.221. The van der Waals surface area contributed by atoms with Crippen molar-refractivity contribution in [2.24, 2.45) is 0 Å². The minimum absolute atomic E-state index is 0.146. The van der Waals surface area contributed by atoms with E-state index in [2.05, 4.69) is 40.8 Å². The Balaban J connectivity index is 1.97. The molecule has 1 saturated heterocycles. The maximum Gasteiger partial charge on any atom is 0.124 e. The first-order chi connectivity index (χ1) is 10.2. The minimum atomic E-state index is 0.146.